The molecule has 1 atom stereocenters. The average Bonchev–Trinajstić information content (AvgIpc) is 2.25. The van der Waals surface area contributed by atoms with E-state index in [-0.39, 0.29) is 11.0 Å². The number of ether oxygens (including phenoxy) is 1. The van der Waals surface area contributed by atoms with Gasteiger partial charge in [0, 0.05) is 24.1 Å². The van der Waals surface area contributed by atoms with E-state index < -0.39 is 0 Å². The van der Waals surface area contributed by atoms with Crippen LogP contribution in [0.3, 0.4) is 0 Å². The lowest BCUT2D eigenvalue weighted by atomic mass is 9.94. The van der Waals surface area contributed by atoms with Crippen molar-refractivity contribution < 1.29 is 4.74 Å². The van der Waals surface area contributed by atoms with E-state index in [2.05, 4.69) is 49.9 Å². The van der Waals surface area contributed by atoms with E-state index in [0.717, 1.165) is 31.1 Å². The van der Waals surface area contributed by atoms with Crippen LogP contribution in [0, 0.1) is 0 Å². The predicted molar refractivity (Wildman–Crippen MR) is 82.4 cm³/mol. The molecule has 112 valence electrons. The lowest BCUT2D eigenvalue weighted by Gasteiger charge is -2.36. The van der Waals surface area contributed by atoms with E-state index in [0.29, 0.717) is 11.2 Å². The number of halogens is 1. The summed E-state index contributed by atoms with van der Waals surface area (Å²) in [6.07, 6.45) is 1.94. The highest BCUT2D eigenvalue weighted by molar-refractivity contribution is 6.29. The minimum atomic E-state index is -0.115. The minimum absolute atomic E-state index is 0.0837. The van der Waals surface area contributed by atoms with E-state index >= 15 is 0 Å². The fraction of sp³-hybridized carbons (Fsp3) is 0.733. The molecule has 0 aliphatic carbocycles. The Kier molecular flexibility index (Phi) is 4.26. The Labute approximate surface area is 126 Å². The summed E-state index contributed by atoms with van der Waals surface area (Å²) in [6.45, 7) is 11.3. The van der Waals surface area contributed by atoms with Gasteiger partial charge in [-0.05, 0) is 26.7 Å². The van der Waals surface area contributed by atoms with Gasteiger partial charge < -0.3 is 10.1 Å². The van der Waals surface area contributed by atoms with Crippen LogP contribution in [-0.4, -0.2) is 28.2 Å². The number of hydrogen-bond acceptors (Lipinski definition) is 4. The maximum atomic E-state index is 6.11. The highest BCUT2D eigenvalue weighted by Gasteiger charge is 2.29. The maximum Gasteiger partial charge on any atom is 0.137 e. The highest BCUT2D eigenvalue weighted by atomic mass is 35.5. The highest BCUT2D eigenvalue weighted by Crippen LogP contribution is 2.27. The molecule has 0 aromatic carbocycles. The van der Waals surface area contributed by atoms with Gasteiger partial charge in [0.25, 0.3) is 0 Å². The summed E-state index contributed by atoms with van der Waals surface area (Å²) in [6, 6.07) is 2.15. The van der Waals surface area contributed by atoms with Gasteiger partial charge in [-0.15, -0.1) is 0 Å². The Morgan fingerprint density at radius 2 is 2.05 bits per heavy atom. The Morgan fingerprint density at radius 1 is 1.35 bits per heavy atom. The zero-order chi connectivity index (χ0) is 15.0. The van der Waals surface area contributed by atoms with Gasteiger partial charge in [-0.25, -0.2) is 9.97 Å². The molecule has 1 aromatic rings. The molecule has 1 saturated heterocycles. The van der Waals surface area contributed by atoms with Gasteiger partial charge in [0.1, 0.15) is 16.8 Å². The van der Waals surface area contributed by atoms with Crippen molar-refractivity contribution in [3.05, 3.63) is 17.0 Å². The zero-order valence-electron chi connectivity index (χ0n) is 13.0. The van der Waals surface area contributed by atoms with Crippen LogP contribution in [0.5, 0.6) is 0 Å². The van der Waals surface area contributed by atoms with Gasteiger partial charge in [-0.1, -0.05) is 32.4 Å². The smallest absolute Gasteiger partial charge is 0.137 e. The van der Waals surface area contributed by atoms with E-state index in [9.17, 15) is 0 Å². The summed E-state index contributed by atoms with van der Waals surface area (Å²) in [5.74, 6) is 1.57. The van der Waals surface area contributed by atoms with Crippen molar-refractivity contribution in [3.8, 4) is 0 Å². The molecule has 2 heterocycles. The second-order valence-electron chi connectivity index (χ2n) is 7.09. The lowest BCUT2D eigenvalue weighted by Crippen LogP contribution is -2.40. The second kappa shape index (κ2) is 5.49. The quantitative estimate of drug-likeness (QED) is 0.844. The van der Waals surface area contributed by atoms with Gasteiger partial charge in [0.05, 0.1) is 5.60 Å². The van der Waals surface area contributed by atoms with Crippen molar-refractivity contribution in [2.24, 2.45) is 0 Å². The molecule has 0 radical (unpaired) electrons. The molecule has 1 fully saturated rings. The first-order chi connectivity index (χ1) is 9.16. The van der Waals surface area contributed by atoms with E-state index in [4.69, 9.17) is 16.3 Å². The number of rotatable bonds is 2. The Balaban J connectivity index is 2.15. The van der Waals surface area contributed by atoms with Crippen LogP contribution < -0.4 is 5.32 Å². The minimum Gasteiger partial charge on any atom is -0.375 e. The van der Waals surface area contributed by atoms with Crippen molar-refractivity contribution in [2.75, 3.05) is 11.9 Å². The molecule has 1 aliphatic rings. The van der Waals surface area contributed by atoms with Crippen LogP contribution in [0.15, 0.2) is 6.07 Å². The van der Waals surface area contributed by atoms with Crippen molar-refractivity contribution in [2.45, 2.75) is 64.5 Å². The zero-order valence-corrected chi connectivity index (χ0v) is 13.7. The third-order valence-electron chi connectivity index (χ3n) is 3.41. The standard InChI is InChI=1S/C15H24ClN3O/c1-14(2,3)13-18-11(16)8-12(19-13)17-10-6-7-20-15(4,5)9-10/h8,10H,6-7,9H2,1-5H3,(H,17,18,19). The first-order valence-electron chi connectivity index (χ1n) is 7.11. The topological polar surface area (TPSA) is 47.0 Å². The number of nitrogens with zero attached hydrogens (tertiary/aromatic N) is 2. The molecule has 1 unspecified atom stereocenters. The summed E-state index contributed by atoms with van der Waals surface area (Å²) in [5, 5.41) is 3.96. The van der Waals surface area contributed by atoms with Crippen LogP contribution >= 0.6 is 11.6 Å². The summed E-state index contributed by atoms with van der Waals surface area (Å²) in [5.41, 5.74) is -0.199. The molecular weight excluding hydrogens is 274 g/mol. The molecule has 20 heavy (non-hydrogen) atoms. The Morgan fingerprint density at radius 3 is 2.65 bits per heavy atom. The SMILES string of the molecule is CC1(C)CC(Nc2cc(Cl)nc(C(C)(C)C)n2)CCO1. The molecule has 4 nitrogen and oxygen atoms in total. The van der Waals surface area contributed by atoms with Crippen LogP contribution in [0.1, 0.15) is 53.3 Å². The second-order valence-corrected chi connectivity index (χ2v) is 7.48. The fourth-order valence-corrected chi connectivity index (χ4v) is 2.57. The van der Waals surface area contributed by atoms with Crippen LogP contribution in [0.2, 0.25) is 5.15 Å². The van der Waals surface area contributed by atoms with E-state index in [1.807, 2.05) is 0 Å². The van der Waals surface area contributed by atoms with Crippen molar-refractivity contribution in [1.29, 1.82) is 0 Å². The molecule has 1 aliphatic heterocycles. The van der Waals surface area contributed by atoms with Gasteiger partial charge in [0.15, 0.2) is 0 Å². The Bertz CT molecular complexity index is 482. The average molecular weight is 298 g/mol. The third kappa shape index (κ3) is 4.06. The largest absolute Gasteiger partial charge is 0.375 e. The van der Waals surface area contributed by atoms with Gasteiger partial charge in [0.2, 0.25) is 0 Å². The monoisotopic (exact) mass is 297 g/mol. The predicted octanol–water partition coefficient (Wildman–Crippen LogP) is 3.80. The molecule has 0 bridgehead atoms. The Hall–Kier alpha value is -0.870. The lowest BCUT2D eigenvalue weighted by molar-refractivity contribution is -0.0553. The third-order valence-corrected chi connectivity index (χ3v) is 3.61. The van der Waals surface area contributed by atoms with E-state index in [1.54, 1.807) is 6.07 Å². The van der Waals surface area contributed by atoms with E-state index in [1.165, 1.54) is 0 Å². The van der Waals surface area contributed by atoms with Crippen LogP contribution in [0.25, 0.3) is 0 Å². The molecule has 1 aromatic heterocycles. The van der Waals surface area contributed by atoms with Crippen molar-refractivity contribution in [3.63, 3.8) is 0 Å². The van der Waals surface area contributed by atoms with Gasteiger partial charge in [-0.2, -0.15) is 0 Å². The van der Waals surface area contributed by atoms with Crippen LogP contribution in [-0.2, 0) is 10.2 Å². The van der Waals surface area contributed by atoms with Gasteiger partial charge >= 0.3 is 0 Å². The summed E-state index contributed by atoms with van der Waals surface area (Å²) < 4.78 is 5.74. The number of aromatic nitrogens is 2. The van der Waals surface area contributed by atoms with Crippen LogP contribution in [0.4, 0.5) is 5.82 Å². The summed E-state index contributed by atoms with van der Waals surface area (Å²) >= 11 is 6.11. The first kappa shape index (κ1) is 15.5. The summed E-state index contributed by atoms with van der Waals surface area (Å²) in [4.78, 5) is 8.92. The molecule has 2 rings (SSSR count). The first-order valence-corrected chi connectivity index (χ1v) is 7.49. The molecular formula is C15H24ClN3O. The summed E-state index contributed by atoms with van der Waals surface area (Å²) in [7, 11) is 0. The fourth-order valence-electron chi connectivity index (χ4n) is 2.39. The molecule has 5 heteroatoms. The normalized spacial score (nSPS) is 22.6. The molecule has 1 N–H and O–H groups in total. The molecule has 0 spiro atoms. The number of hydrogen-bond donors (Lipinski definition) is 1. The molecule has 0 amide bonds. The van der Waals surface area contributed by atoms with Crippen molar-refractivity contribution >= 4 is 17.4 Å². The molecule has 0 saturated carbocycles. The van der Waals surface area contributed by atoms with Gasteiger partial charge in [-0.3, -0.25) is 0 Å². The number of nitrogens with one attached hydrogen (secondary N) is 1. The maximum absolute atomic E-state index is 6.11. The number of anilines is 1. The van der Waals surface area contributed by atoms with Crippen molar-refractivity contribution in [1.82, 2.24) is 9.97 Å².